The van der Waals surface area contributed by atoms with Gasteiger partial charge >= 0.3 is 0 Å². The highest BCUT2D eigenvalue weighted by atomic mass is 16.3. The smallest absolute Gasteiger partial charge is 0.222 e. The Morgan fingerprint density at radius 3 is 1.55 bits per heavy atom. The van der Waals surface area contributed by atoms with Gasteiger partial charge in [-0.2, -0.15) is 0 Å². The van der Waals surface area contributed by atoms with E-state index in [2.05, 4.69) is 5.32 Å². The summed E-state index contributed by atoms with van der Waals surface area (Å²) in [5, 5.41) is 10.6. The fraction of sp³-hybridized carbons (Fsp3) is 0.875. The maximum Gasteiger partial charge on any atom is 0.222 e. The summed E-state index contributed by atoms with van der Waals surface area (Å²) in [5.74, 6) is 0.213. The highest BCUT2D eigenvalue weighted by molar-refractivity contribution is 5.77. The molecule has 0 aliphatic carbocycles. The molecule has 0 atom stereocenters. The molecule has 0 heterocycles. The van der Waals surface area contributed by atoms with Gasteiger partial charge in [-0.3, -0.25) is 4.79 Å². The molecule has 3 nitrogen and oxygen atoms in total. The minimum Gasteiger partial charge on any atom is -0.394 e. The second kappa shape index (κ2) is 7.54. The first-order chi connectivity index (χ1) is 4.91. The van der Waals surface area contributed by atoms with Crippen LogP contribution in [0.25, 0.3) is 0 Å². The molecule has 0 aromatic rings. The first kappa shape index (κ1) is 13.1. The van der Waals surface area contributed by atoms with Crippen molar-refractivity contribution >= 4 is 5.91 Å². The summed E-state index contributed by atoms with van der Waals surface area (Å²) in [6, 6.07) is 0. The van der Waals surface area contributed by atoms with Crippen LogP contribution < -0.4 is 5.32 Å². The Kier molecular flexibility index (Phi) is 8.94. The van der Waals surface area contributed by atoms with Crippen molar-refractivity contribution in [1.82, 2.24) is 5.32 Å². The lowest BCUT2D eigenvalue weighted by molar-refractivity contribution is -0.123. The normalized spacial score (nSPS) is 9.09. The van der Waals surface area contributed by atoms with Gasteiger partial charge in [0.2, 0.25) is 5.91 Å². The van der Waals surface area contributed by atoms with E-state index in [0.29, 0.717) is 0 Å². The third kappa shape index (κ3) is 17.7. The summed E-state index contributed by atoms with van der Waals surface area (Å²) < 4.78 is 0. The molecule has 0 aromatic heterocycles. The van der Waals surface area contributed by atoms with Gasteiger partial charge in [0.15, 0.2) is 0 Å². The van der Waals surface area contributed by atoms with Crippen LogP contribution in [0.4, 0.5) is 0 Å². The first-order valence-electron chi connectivity index (χ1n) is 3.81. The minimum atomic E-state index is -0.167. The molecule has 68 valence electrons. The quantitative estimate of drug-likeness (QED) is 0.597. The van der Waals surface area contributed by atoms with Gasteiger partial charge in [0.25, 0.3) is 0 Å². The number of rotatable bonds is 1. The summed E-state index contributed by atoms with van der Waals surface area (Å²) >= 11 is 0. The number of hydrogen-bond acceptors (Lipinski definition) is 2. The van der Waals surface area contributed by atoms with E-state index in [9.17, 15) is 4.79 Å². The topological polar surface area (TPSA) is 49.3 Å². The van der Waals surface area contributed by atoms with E-state index >= 15 is 0 Å². The maximum atomic E-state index is 10.4. The summed E-state index contributed by atoms with van der Waals surface area (Å²) in [7, 11) is 1.64. The molecule has 11 heavy (non-hydrogen) atoms. The average Bonchev–Trinajstić information content (AvgIpc) is 1.85. The number of carbonyl (C=O) groups excluding carboxylic acids is 1. The second-order valence-corrected chi connectivity index (χ2v) is 2.86. The van der Waals surface area contributed by atoms with Crippen LogP contribution in [0.15, 0.2) is 0 Å². The number of carbonyl (C=O) groups is 1. The van der Waals surface area contributed by atoms with E-state index in [1.165, 1.54) is 0 Å². The van der Waals surface area contributed by atoms with Gasteiger partial charge in [-0.25, -0.2) is 0 Å². The molecular weight excluding hydrogens is 142 g/mol. The number of hydrogen-bond donors (Lipinski definition) is 2. The Balaban J connectivity index is 0. The predicted molar refractivity (Wildman–Crippen MR) is 46.3 cm³/mol. The molecule has 3 heteroatoms. The number of nitrogens with one attached hydrogen (secondary N) is 1. The number of amides is 1. The average molecular weight is 161 g/mol. The van der Waals surface area contributed by atoms with E-state index in [4.69, 9.17) is 5.11 Å². The number of aliphatic hydroxyl groups excluding tert-OH is 1. The fourth-order valence-corrected chi connectivity index (χ4v) is 0.289. The van der Waals surface area contributed by atoms with E-state index in [1.54, 1.807) is 20.9 Å². The van der Waals surface area contributed by atoms with Crippen molar-refractivity contribution in [3.63, 3.8) is 0 Å². The van der Waals surface area contributed by atoms with Gasteiger partial charge in [-0.05, 0) is 13.8 Å². The molecule has 0 saturated carbocycles. The lowest BCUT2D eigenvalue weighted by Gasteiger charge is -1.98. The monoisotopic (exact) mass is 161 g/mol. The van der Waals surface area contributed by atoms with Crippen LogP contribution in [0.2, 0.25) is 0 Å². The van der Waals surface area contributed by atoms with E-state index in [0.717, 1.165) is 0 Å². The summed E-state index contributed by atoms with van der Waals surface area (Å²) in [6.45, 7) is 7.16. The third-order valence-corrected chi connectivity index (χ3v) is 0.771. The summed E-state index contributed by atoms with van der Waals surface area (Å²) in [5.41, 5.74) is 0. The Bertz CT molecular complexity index is 97.5. The van der Waals surface area contributed by atoms with Crippen molar-refractivity contribution < 1.29 is 9.90 Å². The summed E-state index contributed by atoms with van der Waals surface area (Å²) in [6.07, 6.45) is -0.167. The van der Waals surface area contributed by atoms with Crippen LogP contribution in [-0.4, -0.2) is 24.2 Å². The van der Waals surface area contributed by atoms with Crippen LogP contribution in [0.3, 0.4) is 0 Å². The van der Waals surface area contributed by atoms with Crippen molar-refractivity contribution in [3.8, 4) is 0 Å². The molecule has 0 spiro atoms. The SMILES string of the molecule is CC(C)O.CNC(=O)C(C)C. The van der Waals surface area contributed by atoms with Gasteiger partial charge in [0.1, 0.15) is 0 Å². The summed E-state index contributed by atoms with van der Waals surface area (Å²) in [4.78, 5) is 10.4. The van der Waals surface area contributed by atoms with Crippen molar-refractivity contribution in [3.05, 3.63) is 0 Å². The van der Waals surface area contributed by atoms with Crippen molar-refractivity contribution in [2.24, 2.45) is 5.92 Å². The molecule has 1 amide bonds. The lowest BCUT2D eigenvalue weighted by Crippen LogP contribution is -2.22. The van der Waals surface area contributed by atoms with E-state index in [1.807, 2.05) is 13.8 Å². The largest absolute Gasteiger partial charge is 0.394 e. The molecule has 0 rings (SSSR count). The maximum absolute atomic E-state index is 10.4. The van der Waals surface area contributed by atoms with Crippen molar-refractivity contribution in [1.29, 1.82) is 0 Å². The standard InChI is InChI=1S/C5H11NO.C3H8O/c1-4(2)5(7)6-3;1-3(2)4/h4H,1-3H3,(H,6,7);3-4H,1-2H3. The molecule has 0 unspecified atom stereocenters. The molecule has 0 radical (unpaired) electrons. The van der Waals surface area contributed by atoms with Crippen molar-refractivity contribution in [2.45, 2.75) is 33.8 Å². The fourth-order valence-electron chi connectivity index (χ4n) is 0.289. The van der Waals surface area contributed by atoms with Crippen LogP contribution in [0.5, 0.6) is 0 Å². The van der Waals surface area contributed by atoms with Crippen LogP contribution in [-0.2, 0) is 4.79 Å². The Labute approximate surface area is 68.8 Å². The zero-order valence-corrected chi connectivity index (χ0v) is 8.01. The third-order valence-electron chi connectivity index (χ3n) is 0.771. The highest BCUT2D eigenvalue weighted by Gasteiger charge is 2.00. The first-order valence-corrected chi connectivity index (χ1v) is 3.81. The van der Waals surface area contributed by atoms with E-state index < -0.39 is 0 Å². The van der Waals surface area contributed by atoms with Gasteiger partial charge < -0.3 is 10.4 Å². The zero-order valence-electron chi connectivity index (χ0n) is 8.01. The second-order valence-electron chi connectivity index (χ2n) is 2.86. The molecule has 0 aliphatic heterocycles. The highest BCUT2D eigenvalue weighted by Crippen LogP contribution is 1.87. The van der Waals surface area contributed by atoms with Gasteiger partial charge in [-0.15, -0.1) is 0 Å². The lowest BCUT2D eigenvalue weighted by atomic mass is 10.2. The predicted octanol–water partition coefficient (Wildman–Crippen LogP) is 0.775. The van der Waals surface area contributed by atoms with Crippen LogP contribution in [0, 0.1) is 5.92 Å². The molecular formula is C8H19NO2. The molecule has 0 aromatic carbocycles. The molecule has 0 aliphatic rings. The van der Waals surface area contributed by atoms with Gasteiger partial charge in [-0.1, -0.05) is 13.8 Å². The molecule has 2 N–H and O–H groups in total. The Morgan fingerprint density at radius 1 is 1.27 bits per heavy atom. The molecule has 0 saturated heterocycles. The van der Waals surface area contributed by atoms with Gasteiger partial charge in [0.05, 0.1) is 0 Å². The van der Waals surface area contributed by atoms with Crippen LogP contribution in [0.1, 0.15) is 27.7 Å². The number of aliphatic hydroxyl groups is 1. The Morgan fingerprint density at radius 2 is 1.55 bits per heavy atom. The molecule has 0 fully saturated rings. The van der Waals surface area contributed by atoms with Crippen molar-refractivity contribution in [2.75, 3.05) is 7.05 Å². The Hall–Kier alpha value is -0.570. The molecule has 0 bridgehead atoms. The minimum absolute atomic E-state index is 0.0972. The van der Waals surface area contributed by atoms with Crippen LogP contribution >= 0.6 is 0 Å². The van der Waals surface area contributed by atoms with Gasteiger partial charge in [0, 0.05) is 19.1 Å². The zero-order chi connectivity index (χ0) is 9.44. The van der Waals surface area contributed by atoms with E-state index in [-0.39, 0.29) is 17.9 Å².